The smallest absolute Gasteiger partial charge is 0.408 e. The van der Waals surface area contributed by atoms with Crippen molar-refractivity contribution in [3.63, 3.8) is 0 Å². The standard InChI is InChI=1S/C11H14N2O3/c1-6(14)10(12)7-3-4-9-8(5-7)13(2)11(15)16-9/h3-6,10,14H,12H2,1-2H3. The van der Waals surface area contributed by atoms with Gasteiger partial charge in [0, 0.05) is 7.05 Å². The lowest BCUT2D eigenvalue weighted by Crippen LogP contribution is -2.23. The fourth-order valence-electron chi connectivity index (χ4n) is 1.63. The highest BCUT2D eigenvalue weighted by molar-refractivity contribution is 5.73. The number of hydrogen-bond acceptors (Lipinski definition) is 4. The van der Waals surface area contributed by atoms with E-state index in [1.54, 1.807) is 32.2 Å². The molecule has 2 aromatic rings. The molecule has 0 saturated carbocycles. The van der Waals surface area contributed by atoms with E-state index in [1.165, 1.54) is 4.57 Å². The summed E-state index contributed by atoms with van der Waals surface area (Å²) in [6, 6.07) is 4.74. The number of hydrogen-bond donors (Lipinski definition) is 2. The van der Waals surface area contributed by atoms with Crippen LogP contribution in [0, 0.1) is 0 Å². The van der Waals surface area contributed by atoms with Gasteiger partial charge >= 0.3 is 5.76 Å². The Morgan fingerprint density at radius 1 is 1.50 bits per heavy atom. The highest BCUT2D eigenvalue weighted by atomic mass is 16.4. The Balaban J connectivity index is 2.59. The number of aliphatic hydroxyl groups excluding tert-OH is 1. The van der Waals surface area contributed by atoms with Crippen molar-refractivity contribution in [1.29, 1.82) is 0 Å². The van der Waals surface area contributed by atoms with Crippen molar-refractivity contribution in [3.8, 4) is 0 Å². The molecule has 2 rings (SSSR count). The van der Waals surface area contributed by atoms with Gasteiger partial charge in [-0.2, -0.15) is 0 Å². The summed E-state index contributed by atoms with van der Waals surface area (Å²) in [6.07, 6.45) is -0.638. The third kappa shape index (κ3) is 1.64. The third-order valence-electron chi connectivity index (χ3n) is 2.72. The van der Waals surface area contributed by atoms with Gasteiger partial charge in [0.2, 0.25) is 0 Å². The van der Waals surface area contributed by atoms with Crippen LogP contribution in [0.3, 0.4) is 0 Å². The molecule has 3 N–H and O–H groups in total. The number of fused-ring (bicyclic) bond motifs is 1. The maximum absolute atomic E-state index is 11.3. The van der Waals surface area contributed by atoms with E-state index >= 15 is 0 Å². The first-order valence-corrected chi connectivity index (χ1v) is 5.04. The molecule has 5 heteroatoms. The predicted octanol–water partition coefficient (Wildman–Crippen LogP) is 0.512. The van der Waals surface area contributed by atoms with Gasteiger partial charge in [-0.3, -0.25) is 4.57 Å². The van der Waals surface area contributed by atoms with Gasteiger partial charge in [0.1, 0.15) is 0 Å². The molecule has 0 aliphatic heterocycles. The summed E-state index contributed by atoms with van der Waals surface area (Å²) in [7, 11) is 1.63. The number of oxazole rings is 1. The Kier molecular flexibility index (Phi) is 2.57. The van der Waals surface area contributed by atoms with Crippen LogP contribution in [-0.4, -0.2) is 15.8 Å². The van der Waals surface area contributed by atoms with Gasteiger partial charge < -0.3 is 15.3 Å². The van der Waals surface area contributed by atoms with Crippen LogP contribution in [0.5, 0.6) is 0 Å². The first-order chi connectivity index (χ1) is 7.50. The van der Waals surface area contributed by atoms with Gasteiger partial charge in [-0.15, -0.1) is 0 Å². The van der Waals surface area contributed by atoms with Crippen molar-refractivity contribution in [2.24, 2.45) is 12.8 Å². The summed E-state index contributed by atoms with van der Waals surface area (Å²) >= 11 is 0. The van der Waals surface area contributed by atoms with E-state index < -0.39 is 17.9 Å². The molecule has 0 bridgehead atoms. The molecule has 86 valence electrons. The van der Waals surface area contributed by atoms with Gasteiger partial charge in [0.05, 0.1) is 17.7 Å². The topological polar surface area (TPSA) is 81.4 Å². The van der Waals surface area contributed by atoms with Crippen LogP contribution in [0.4, 0.5) is 0 Å². The van der Waals surface area contributed by atoms with E-state index in [9.17, 15) is 9.90 Å². The minimum absolute atomic E-state index is 0.405. The van der Waals surface area contributed by atoms with Crippen molar-refractivity contribution in [1.82, 2.24) is 4.57 Å². The average Bonchev–Trinajstić information content (AvgIpc) is 2.53. The van der Waals surface area contributed by atoms with E-state index in [1.807, 2.05) is 0 Å². The Morgan fingerprint density at radius 3 is 2.81 bits per heavy atom. The largest absolute Gasteiger partial charge is 0.419 e. The molecular weight excluding hydrogens is 208 g/mol. The first-order valence-electron chi connectivity index (χ1n) is 5.04. The summed E-state index contributed by atoms with van der Waals surface area (Å²) in [5.41, 5.74) is 7.80. The van der Waals surface area contributed by atoms with Crippen LogP contribution in [0.15, 0.2) is 27.4 Å². The minimum Gasteiger partial charge on any atom is -0.408 e. The molecule has 0 saturated heterocycles. The zero-order valence-corrected chi connectivity index (χ0v) is 9.18. The van der Waals surface area contributed by atoms with Crippen LogP contribution in [0.2, 0.25) is 0 Å². The molecule has 16 heavy (non-hydrogen) atoms. The van der Waals surface area contributed by atoms with Crippen molar-refractivity contribution in [2.75, 3.05) is 0 Å². The molecule has 1 aromatic heterocycles. The lowest BCUT2D eigenvalue weighted by Gasteiger charge is -2.14. The van der Waals surface area contributed by atoms with Crippen LogP contribution in [0.25, 0.3) is 11.1 Å². The van der Waals surface area contributed by atoms with Gasteiger partial charge in [0.25, 0.3) is 0 Å². The zero-order valence-electron chi connectivity index (χ0n) is 9.18. The maximum Gasteiger partial charge on any atom is 0.419 e. The first kappa shape index (κ1) is 10.9. The number of benzene rings is 1. The Bertz CT molecular complexity index is 568. The molecule has 5 nitrogen and oxygen atoms in total. The van der Waals surface area contributed by atoms with Crippen molar-refractivity contribution >= 4 is 11.1 Å². The number of aryl methyl sites for hydroxylation is 1. The fraction of sp³-hybridized carbons (Fsp3) is 0.364. The lowest BCUT2D eigenvalue weighted by molar-refractivity contribution is 0.164. The van der Waals surface area contributed by atoms with Crippen LogP contribution < -0.4 is 11.5 Å². The molecular formula is C11H14N2O3. The van der Waals surface area contributed by atoms with E-state index in [0.717, 1.165) is 5.56 Å². The zero-order chi connectivity index (χ0) is 11.9. The summed E-state index contributed by atoms with van der Waals surface area (Å²) in [5.74, 6) is -0.405. The van der Waals surface area contributed by atoms with E-state index in [2.05, 4.69) is 0 Å². The van der Waals surface area contributed by atoms with E-state index in [-0.39, 0.29) is 0 Å². The predicted molar refractivity (Wildman–Crippen MR) is 60.1 cm³/mol. The molecule has 0 spiro atoms. The second-order valence-corrected chi connectivity index (χ2v) is 3.92. The molecule has 0 fully saturated rings. The number of nitrogens with two attached hydrogens (primary N) is 1. The molecule has 0 radical (unpaired) electrons. The van der Waals surface area contributed by atoms with Crippen LogP contribution in [-0.2, 0) is 7.05 Å². The monoisotopic (exact) mass is 222 g/mol. The Labute approximate surface area is 92.1 Å². The second-order valence-electron chi connectivity index (χ2n) is 3.92. The summed E-state index contributed by atoms with van der Waals surface area (Å²) in [5, 5.41) is 9.40. The lowest BCUT2D eigenvalue weighted by atomic mass is 10.0. The van der Waals surface area contributed by atoms with Crippen LogP contribution >= 0.6 is 0 Å². The molecule has 0 aliphatic carbocycles. The second kappa shape index (κ2) is 3.77. The highest BCUT2D eigenvalue weighted by Gasteiger charge is 2.14. The SMILES string of the molecule is CC(O)C(N)c1ccc2oc(=O)n(C)c2c1. The van der Waals surface area contributed by atoms with E-state index in [4.69, 9.17) is 10.2 Å². The molecule has 2 atom stereocenters. The van der Waals surface area contributed by atoms with Gasteiger partial charge in [-0.25, -0.2) is 4.79 Å². The molecule has 0 amide bonds. The van der Waals surface area contributed by atoms with Crippen LogP contribution in [0.1, 0.15) is 18.5 Å². The average molecular weight is 222 g/mol. The van der Waals surface area contributed by atoms with Gasteiger partial charge in [0.15, 0.2) is 5.58 Å². The molecule has 1 aromatic carbocycles. The maximum atomic E-state index is 11.3. The quantitative estimate of drug-likeness (QED) is 0.775. The summed E-state index contributed by atoms with van der Waals surface area (Å²) in [6.45, 7) is 1.63. The number of rotatable bonds is 2. The van der Waals surface area contributed by atoms with Crippen molar-refractivity contribution in [2.45, 2.75) is 19.1 Å². The van der Waals surface area contributed by atoms with E-state index in [0.29, 0.717) is 11.1 Å². The molecule has 0 aliphatic rings. The number of aliphatic hydroxyl groups is 1. The summed E-state index contributed by atoms with van der Waals surface area (Å²) < 4.78 is 6.41. The minimum atomic E-state index is -0.638. The Hall–Kier alpha value is -1.59. The normalized spacial score (nSPS) is 15.2. The van der Waals surface area contributed by atoms with Gasteiger partial charge in [-0.1, -0.05) is 6.07 Å². The van der Waals surface area contributed by atoms with Crippen molar-refractivity contribution < 1.29 is 9.52 Å². The number of aromatic nitrogens is 1. The fourth-order valence-corrected chi connectivity index (χ4v) is 1.63. The van der Waals surface area contributed by atoms with Crippen molar-refractivity contribution in [3.05, 3.63) is 34.3 Å². The molecule has 2 unspecified atom stereocenters. The highest BCUT2D eigenvalue weighted by Crippen LogP contribution is 2.20. The number of nitrogens with zero attached hydrogens (tertiary/aromatic N) is 1. The molecule has 1 heterocycles. The Morgan fingerprint density at radius 2 is 2.19 bits per heavy atom. The van der Waals surface area contributed by atoms with Gasteiger partial charge in [-0.05, 0) is 24.6 Å². The third-order valence-corrected chi connectivity index (χ3v) is 2.72. The summed E-state index contributed by atoms with van der Waals surface area (Å²) in [4.78, 5) is 11.3.